The maximum absolute atomic E-state index is 12.5. The molecule has 0 saturated heterocycles. The van der Waals surface area contributed by atoms with E-state index in [2.05, 4.69) is 5.32 Å². The summed E-state index contributed by atoms with van der Waals surface area (Å²) in [5.41, 5.74) is 1.34. The van der Waals surface area contributed by atoms with E-state index in [1.165, 1.54) is 18.4 Å². The van der Waals surface area contributed by atoms with Gasteiger partial charge in [0.2, 0.25) is 5.78 Å². The van der Waals surface area contributed by atoms with E-state index in [1.54, 1.807) is 36.6 Å². The predicted molar refractivity (Wildman–Crippen MR) is 115 cm³/mol. The average Bonchev–Trinajstić information content (AvgIpc) is 3.13. The van der Waals surface area contributed by atoms with Crippen LogP contribution in [0.3, 0.4) is 0 Å². The summed E-state index contributed by atoms with van der Waals surface area (Å²) in [6, 6.07) is 6.88. The highest BCUT2D eigenvalue weighted by Crippen LogP contribution is 2.37. The van der Waals surface area contributed by atoms with Crippen molar-refractivity contribution < 1.29 is 24.2 Å². The molecule has 0 saturated carbocycles. The SMILES string of the molecule is CCCC(C(=O)C(=O)CC)C(Nc1scc(-c2ccc(Cl)cc2)c1C(=O)O)OC. The zero-order valence-electron chi connectivity index (χ0n) is 16.5. The molecule has 156 valence electrons. The highest BCUT2D eigenvalue weighted by molar-refractivity contribution is 7.15. The summed E-state index contributed by atoms with van der Waals surface area (Å²) in [5.74, 6) is -2.75. The quantitative estimate of drug-likeness (QED) is 0.374. The Morgan fingerprint density at radius 2 is 1.86 bits per heavy atom. The standard InChI is InChI=1S/C21H24ClNO5S/c1-4-6-14(18(25)16(24)5-2)19(28-3)23-20-17(21(26)27)15(11-29-20)12-7-9-13(22)10-8-12/h7-11,14,19,23H,4-6H2,1-3H3,(H,26,27). The van der Waals surface area contributed by atoms with Gasteiger partial charge in [0.1, 0.15) is 16.8 Å². The summed E-state index contributed by atoms with van der Waals surface area (Å²) in [5, 5.41) is 15.5. The third-order valence-electron chi connectivity index (χ3n) is 4.59. The first-order chi connectivity index (χ1) is 13.8. The molecule has 0 aliphatic rings. The van der Waals surface area contributed by atoms with Gasteiger partial charge in [-0.05, 0) is 24.1 Å². The molecule has 0 aliphatic carbocycles. The minimum atomic E-state index is -1.10. The number of hydrogen-bond acceptors (Lipinski definition) is 6. The molecular weight excluding hydrogens is 414 g/mol. The number of ketones is 2. The monoisotopic (exact) mass is 437 g/mol. The number of carboxylic acid groups (broad SMARTS) is 1. The summed E-state index contributed by atoms with van der Waals surface area (Å²) in [4.78, 5) is 36.5. The summed E-state index contributed by atoms with van der Waals surface area (Å²) >= 11 is 7.13. The minimum absolute atomic E-state index is 0.0869. The lowest BCUT2D eigenvalue weighted by atomic mass is 9.93. The number of hydrogen-bond donors (Lipinski definition) is 2. The first kappa shape index (κ1) is 23.1. The predicted octanol–water partition coefficient (Wildman–Crippen LogP) is 5.12. The molecule has 0 spiro atoms. The molecule has 0 aliphatic heterocycles. The van der Waals surface area contributed by atoms with Crippen LogP contribution in [0.1, 0.15) is 43.5 Å². The number of carboxylic acids is 1. The maximum Gasteiger partial charge on any atom is 0.339 e. The normalized spacial score (nSPS) is 13.0. The Hall–Kier alpha value is -2.22. The molecule has 1 heterocycles. The van der Waals surface area contributed by atoms with E-state index in [1.807, 2.05) is 6.92 Å². The molecule has 0 fully saturated rings. The summed E-state index contributed by atoms with van der Waals surface area (Å²) in [6.07, 6.45) is 0.442. The second-order valence-corrected chi connectivity index (χ2v) is 7.82. The number of methoxy groups -OCH3 is 1. The molecular formula is C21H24ClNO5S. The lowest BCUT2D eigenvalue weighted by Crippen LogP contribution is -2.39. The van der Waals surface area contributed by atoms with Gasteiger partial charge in [-0.25, -0.2) is 4.79 Å². The minimum Gasteiger partial charge on any atom is -0.478 e. The maximum atomic E-state index is 12.5. The molecule has 2 N–H and O–H groups in total. The number of Topliss-reactive ketones (excluding diaryl/α,β-unsaturated/α-hetero) is 2. The van der Waals surface area contributed by atoms with Crippen molar-refractivity contribution in [3.63, 3.8) is 0 Å². The van der Waals surface area contributed by atoms with Gasteiger partial charge in [-0.3, -0.25) is 9.59 Å². The number of benzene rings is 1. The van der Waals surface area contributed by atoms with E-state index < -0.39 is 29.7 Å². The second kappa shape index (κ2) is 10.5. The fourth-order valence-corrected chi connectivity index (χ4v) is 4.20. The number of carbonyl (C=O) groups is 3. The van der Waals surface area contributed by atoms with Gasteiger partial charge in [0, 0.05) is 29.5 Å². The molecule has 0 bridgehead atoms. The number of nitrogens with one attached hydrogen (secondary N) is 1. The van der Waals surface area contributed by atoms with Crippen molar-refractivity contribution in [1.82, 2.24) is 0 Å². The van der Waals surface area contributed by atoms with E-state index in [9.17, 15) is 19.5 Å². The van der Waals surface area contributed by atoms with Gasteiger partial charge >= 0.3 is 5.97 Å². The van der Waals surface area contributed by atoms with Gasteiger partial charge in [0.15, 0.2) is 5.78 Å². The van der Waals surface area contributed by atoms with Gasteiger partial charge < -0.3 is 15.2 Å². The van der Waals surface area contributed by atoms with Crippen LogP contribution in [0, 0.1) is 5.92 Å². The molecule has 2 atom stereocenters. The third kappa shape index (κ3) is 5.44. The van der Waals surface area contributed by atoms with Crippen molar-refractivity contribution in [2.45, 2.75) is 39.3 Å². The highest BCUT2D eigenvalue weighted by atomic mass is 35.5. The van der Waals surface area contributed by atoms with E-state index in [4.69, 9.17) is 16.3 Å². The molecule has 0 amide bonds. The van der Waals surface area contributed by atoms with Gasteiger partial charge in [-0.15, -0.1) is 11.3 Å². The Morgan fingerprint density at radius 3 is 2.38 bits per heavy atom. The van der Waals surface area contributed by atoms with Gasteiger partial charge in [-0.1, -0.05) is 44.0 Å². The van der Waals surface area contributed by atoms with Crippen LogP contribution >= 0.6 is 22.9 Å². The molecule has 1 aromatic heterocycles. The zero-order chi connectivity index (χ0) is 21.6. The van der Waals surface area contributed by atoms with Crippen molar-refractivity contribution in [2.24, 2.45) is 5.92 Å². The van der Waals surface area contributed by atoms with Crippen LogP contribution in [0.15, 0.2) is 29.6 Å². The molecule has 1 aromatic carbocycles. The van der Waals surface area contributed by atoms with Crippen molar-refractivity contribution in [3.05, 3.63) is 40.2 Å². The molecule has 8 heteroatoms. The Kier molecular flexibility index (Phi) is 8.37. The van der Waals surface area contributed by atoms with Crippen molar-refractivity contribution in [3.8, 4) is 11.1 Å². The number of aromatic carboxylic acids is 1. The van der Waals surface area contributed by atoms with Crippen LogP contribution in [0.4, 0.5) is 5.00 Å². The van der Waals surface area contributed by atoms with Crippen LogP contribution in [-0.2, 0) is 14.3 Å². The van der Waals surface area contributed by atoms with Crippen LogP contribution < -0.4 is 5.32 Å². The molecule has 6 nitrogen and oxygen atoms in total. The molecule has 2 unspecified atom stereocenters. The van der Waals surface area contributed by atoms with Gasteiger partial charge in [0.25, 0.3) is 0 Å². The lowest BCUT2D eigenvalue weighted by molar-refractivity contribution is -0.141. The summed E-state index contributed by atoms with van der Waals surface area (Å²) in [7, 11) is 1.43. The Labute approximate surface area is 178 Å². The highest BCUT2D eigenvalue weighted by Gasteiger charge is 2.33. The lowest BCUT2D eigenvalue weighted by Gasteiger charge is -2.25. The first-order valence-electron chi connectivity index (χ1n) is 9.31. The number of anilines is 1. The van der Waals surface area contributed by atoms with E-state index in [0.717, 1.165) is 0 Å². The van der Waals surface area contributed by atoms with Crippen molar-refractivity contribution in [2.75, 3.05) is 12.4 Å². The summed E-state index contributed by atoms with van der Waals surface area (Å²) < 4.78 is 5.46. The van der Waals surface area contributed by atoms with E-state index in [0.29, 0.717) is 34.0 Å². The van der Waals surface area contributed by atoms with Crippen LogP contribution in [0.5, 0.6) is 0 Å². The topological polar surface area (TPSA) is 92.7 Å². The van der Waals surface area contributed by atoms with Crippen molar-refractivity contribution in [1.29, 1.82) is 0 Å². The number of thiophene rings is 1. The van der Waals surface area contributed by atoms with Crippen LogP contribution in [0.2, 0.25) is 5.02 Å². The largest absolute Gasteiger partial charge is 0.478 e. The molecule has 29 heavy (non-hydrogen) atoms. The second-order valence-electron chi connectivity index (χ2n) is 6.50. The molecule has 2 aromatic rings. The smallest absolute Gasteiger partial charge is 0.339 e. The van der Waals surface area contributed by atoms with Gasteiger partial charge in [-0.2, -0.15) is 0 Å². The number of halogens is 1. The Morgan fingerprint density at radius 1 is 1.21 bits per heavy atom. The zero-order valence-corrected chi connectivity index (χ0v) is 18.1. The number of rotatable bonds is 11. The van der Waals surface area contributed by atoms with Crippen LogP contribution in [0.25, 0.3) is 11.1 Å². The third-order valence-corrected chi connectivity index (χ3v) is 5.75. The molecule has 0 radical (unpaired) electrons. The Bertz CT molecular complexity index is 878. The summed E-state index contributed by atoms with van der Waals surface area (Å²) in [6.45, 7) is 3.55. The Balaban J connectivity index is 2.39. The van der Waals surface area contributed by atoms with E-state index >= 15 is 0 Å². The first-order valence-corrected chi connectivity index (χ1v) is 10.6. The molecule has 2 rings (SSSR count). The van der Waals surface area contributed by atoms with Gasteiger partial charge in [0.05, 0.1) is 5.92 Å². The van der Waals surface area contributed by atoms with Crippen LogP contribution in [-0.4, -0.2) is 36.0 Å². The fraction of sp³-hybridized carbons (Fsp3) is 0.381. The number of ether oxygens (including phenoxy) is 1. The van der Waals surface area contributed by atoms with Crippen molar-refractivity contribution >= 4 is 45.5 Å². The average molecular weight is 438 g/mol. The fourth-order valence-electron chi connectivity index (χ4n) is 3.08. The van der Waals surface area contributed by atoms with E-state index in [-0.39, 0.29) is 12.0 Å². The number of carbonyl (C=O) groups excluding carboxylic acids is 2.